The van der Waals surface area contributed by atoms with Crippen molar-refractivity contribution in [3.05, 3.63) is 63.3 Å². The lowest BCUT2D eigenvalue weighted by atomic mass is 10.0. The number of aromatic carboxylic acids is 1. The van der Waals surface area contributed by atoms with Gasteiger partial charge in [-0.1, -0.05) is 6.07 Å². The fourth-order valence-corrected chi connectivity index (χ4v) is 3.09. The highest BCUT2D eigenvalue weighted by Gasteiger charge is 2.21. The van der Waals surface area contributed by atoms with Crippen LogP contribution in [0.3, 0.4) is 0 Å². The summed E-state index contributed by atoms with van der Waals surface area (Å²) in [6, 6.07) is 5.92. The summed E-state index contributed by atoms with van der Waals surface area (Å²) in [6.45, 7) is 1.06. The quantitative estimate of drug-likeness (QED) is 0.608. The van der Waals surface area contributed by atoms with Gasteiger partial charge in [0.2, 0.25) is 0 Å². The van der Waals surface area contributed by atoms with E-state index in [2.05, 4.69) is 4.98 Å². The van der Waals surface area contributed by atoms with Crippen LogP contribution >= 0.6 is 0 Å². The Hall–Kier alpha value is -3.46. The number of pyridine rings is 2. The number of carbonyl (C=O) groups is 1. The molecule has 0 aliphatic carbocycles. The second-order valence-electron chi connectivity index (χ2n) is 7.18. The number of benzene rings is 1. The number of halogens is 1. The second kappa shape index (κ2) is 8.50. The van der Waals surface area contributed by atoms with Crippen molar-refractivity contribution in [3.63, 3.8) is 0 Å². The van der Waals surface area contributed by atoms with E-state index in [-0.39, 0.29) is 11.0 Å². The van der Waals surface area contributed by atoms with Crippen molar-refractivity contribution in [1.82, 2.24) is 14.5 Å². The van der Waals surface area contributed by atoms with Crippen LogP contribution in [-0.4, -0.2) is 57.9 Å². The van der Waals surface area contributed by atoms with Crippen LogP contribution in [-0.2, 0) is 13.5 Å². The molecule has 3 rings (SSSR count). The summed E-state index contributed by atoms with van der Waals surface area (Å²) in [5, 5.41) is 19.4. The summed E-state index contributed by atoms with van der Waals surface area (Å²) in [5.41, 5.74) is 0.162. The molecule has 3 aromatic rings. The first-order chi connectivity index (χ1) is 14.2. The SMILES string of the molecule is CN(C)CCOc1cc(F)ccc1Cc1cnc2c(O)c(C(=O)O)c(=O)n(C)c2c1. The molecule has 0 aliphatic rings. The minimum absolute atomic E-state index is 0.0137. The molecule has 0 bridgehead atoms. The van der Waals surface area contributed by atoms with Gasteiger partial charge >= 0.3 is 5.97 Å². The largest absolute Gasteiger partial charge is 0.505 e. The minimum Gasteiger partial charge on any atom is -0.505 e. The smallest absolute Gasteiger partial charge is 0.345 e. The summed E-state index contributed by atoms with van der Waals surface area (Å²) in [4.78, 5) is 29.7. The molecule has 0 atom stereocenters. The molecule has 30 heavy (non-hydrogen) atoms. The van der Waals surface area contributed by atoms with Gasteiger partial charge in [-0.05, 0) is 37.4 Å². The van der Waals surface area contributed by atoms with Crippen LogP contribution in [0.25, 0.3) is 11.0 Å². The maximum absolute atomic E-state index is 13.7. The number of aromatic hydroxyl groups is 1. The molecule has 8 nitrogen and oxygen atoms in total. The highest BCUT2D eigenvalue weighted by Crippen LogP contribution is 2.27. The van der Waals surface area contributed by atoms with E-state index in [1.165, 1.54) is 25.4 Å². The highest BCUT2D eigenvalue weighted by molar-refractivity contribution is 5.97. The predicted molar refractivity (Wildman–Crippen MR) is 109 cm³/mol. The van der Waals surface area contributed by atoms with E-state index in [0.29, 0.717) is 30.9 Å². The van der Waals surface area contributed by atoms with Gasteiger partial charge in [-0.15, -0.1) is 0 Å². The molecule has 2 heterocycles. The van der Waals surface area contributed by atoms with E-state index < -0.39 is 28.7 Å². The summed E-state index contributed by atoms with van der Waals surface area (Å²) in [6.07, 6.45) is 1.82. The van der Waals surface area contributed by atoms with Crippen molar-refractivity contribution in [3.8, 4) is 11.5 Å². The van der Waals surface area contributed by atoms with Gasteiger partial charge in [0.25, 0.3) is 5.56 Å². The Morgan fingerprint density at radius 2 is 2.03 bits per heavy atom. The molecule has 0 radical (unpaired) electrons. The first-order valence-corrected chi connectivity index (χ1v) is 9.19. The number of hydrogen-bond acceptors (Lipinski definition) is 6. The van der Waals surface area contributed by atoms with Gasteiger partial charge in [0.15, 0.2) is 11.3 Å². The number of fused-ring (bicyclic) bond motifs is 1. The minimum atomic E-state index is -1.52. The van der Waals surface area contributed by atoms with Crippen LogP contribution in [0.4, 0.5) is 4.39 Å². The van der Waals surface area contributed by atoms with E-state index in [1.54, 1.807) is 12.1 Å². The first kappa shape index (κ1) is 21.3. The summed E-state index contributed by atoms with van der Waals surface area (Å²) >= 11 is 0. The fourth-order valence-electron chi connectivity index (χ4n) is 3.09. The Kier molecular flexibility index (Phi) is 6.02. The summed E-state index contributed by atoms with van der Waals surface area (Å²) < 4.78 is 20.6. The van der Waals surface area contributed by atoms with Crippen molar-refractivity contribution in [2.75, 3.05) is 27.2 Å². The van der Waals surface area contributed by atoms with Crippen LogP contribution < -0.4 is 10.3 Å². The Morgan fingerprint density at radius 3 is 2.70 bits per heavy atom. The molecule has 0 unspecified atom stereocenters. The normalized spacial score (nSPS) is 11.2. The van der Waals surface area contributed by atoms with Gasteiger partial charge in [0.1, 0.15) is 23.7 Å². The molecular weight excluding hydrogens is 393 g/mol. The number of nitrogens with zero attached hydrogens (tertiary/aromatic N) is 3. The monoisotopic (exact) mass is 415 g/mol. The molecule has 158 valence electrons. The zero-order valence-electron chi connectivity index (χ0n) is 16.8. The average Bonchev–Trinajstić information content (AvgIpc) is 2.67. The highest BCUT2D eigenvalue weighted by atomic mass is 19.1. The molecule has 0 saturated carbocycles. The van der Waals surface area contributed by atoms with Crippen LogP contribution in [0, 0.1) is 5.82 Å². The van der Waals surface area contributed by atoms with Gasteiger partial charge < -0.3 is 24.4 Å². The second-order valence-corrected chi connectivity index (χ2v) is 7.18. The van der Waals surface area contributed by atoms with Crippen LogP contribution in [0.15, 0.2) is 35.3 Å². The zero-order valence-corrected chi connectivity index (χ0v) is 16.8. The number of aromatic nitrogens is 2. The van der Waals surface area contributed by atoms with E-state index in [4.69, 9.17) is 4.74 Å². The van der Waals surface area contributed by atoms with Crippen LogP contribution in [0.5, 0.6) is 11.5 Å². The molecule has 0 fully saturated rings. The number of carboxylic acid groups (broad SMARTS) is 1. The third-order valence-electron chi connectivity index (χ3n) is 4.70. The maximum Gasteiger partial charge on any atom is 0.345 e. The lowest BCUT2D eigenvalue weighted by molar-refractivity contribution is 0.0691. The molecule has 0 spiro atoms. The Morgan fingerprint density at radius 1 is 1.30 bits per heavy atom. The van der Waals surface area contributed by atoms with Gasteiger partial charge in [-0.25, -0.2) is 9.18 Å². The number of likely N-dealkylation sites (N-methyl/N-ethyl adjacent to an activating group) is 1. The molecule has 2 N–H and O–H groups in total. The van der Waals surface area contributed by atoms with Gasteiger partial charge in [-0.2, -0.15) is 0 Å². The number of aryl methyl sites for hydroxylation is 1. The number of ether oxygens (including phenoxy) is 1. The number of rotatable bonds is 7. The topological polar surface area (TPSA) is 105 Å². The van der Waals surface area contributed by atoms with Crippen LogP contribution in [0.2, 0.25) is 0 Å². The van der Waals surface area contributed by atoms with E-state index >= 15 is 0 Å². The summed E-state index contributed by atoms with van der Waals surface area (Å²) in [5.74, 6) is -2.19. The summed E-state index contributed by atoms with van der Waals surface area (Å²) in [7, 11) is 5.23. The van der Waals surface area contributed by atoms with E-state index in [0.717, 1.165) is 10.1 Å². The fraction of sp³-hybridized carbons (Fsp3) is 0.286. The van der Waals surface area contributed by atoms with Crippen molar-refractivity contribution < 1.29 is 24.1 Å². The van der Waals surface area contributed by atoms with Gasteiger partial charge in [0.05, 0.1) is 5.52 Å². The lowest BCUT2D eigenvalue weighted by Crippen LogP contribution is -2.25. The maximum atomic E-state index is 13.7. The predicted octanol–water partition coefficient (Wildman–Crippen LogP) is 2.01. The molecule has 0 saturated heterocycles. The standard InChI is InChI=1S/C21H22FN3O5/c1-24(2)6-7-30-16-10-14(22)5-4-13(16)8-12-9-15-18(23-11-12)19(26)17(21(28)29)20(27)25(15)3/h4-5,9-11,26H,6-8H2,1-3H3,(H,28,29). The zero-order chi connectivity index (χ0) is 22.0. The van der Waals surface area contributed by atoms with E-state index in [9.17, 15) is 24.2 Å². The number of hydrogen-bond donors (Lipinski definition) is 2. The average molecular weight is 415 g/mol. The first-order valence-electron chi connectivity index (χ1n) is 9.19. The van der Waals surface area contributed by atoms with Gasteiger partial charge in [-0.3, -0.25) is 9.78 Å². The third kappa shape index (κ3) is 4.25. The molecule has 0 aliphatic heterocycles. The Bertz CT molecular complexity index is 1170. The lowest BCUT2D eigenvalue weighted by Gasteiger charge is -2.15. The van der Waals surface area contributed by atoms with Crippen molar-refractivity contribution in [2.45, 2.75) is 6.42 Å². The molecule has 0 amide bonds. The molecular formula is C21H22FN3O5. The number of carboxylic acids is 1. The molecule has 1 aromatic carbocycles. The Labute approximate surface area is 171 Å². The van der Waals surface area contributed by atoms with Crippen molar-refractivity contribution in [1.29, 1.82) is 0 Å². The molecule has 2 aromatic heterocycles. The van der Waals surface area contributed by atoms with Crippen molar-refractivity contribution in [2.24, 2.45) is 7.05 Å². The van der Waals surface area contributed by atoms with E-state index in [1.807, 2.05) is 19.0 Å². The van der Waals surface area contributed by atoms with Crippen LogP contribution in [0.1, 0.15) is 21.5 Å². The van der Waals surface area contributed by atoms with Gasteiger partial charge in [0, 0.05) is 32.3 Å². The molecule has 9 heteroatoms. The third-order valence-corrected chi connectivity index (χ3v) is 4.70. The van der Waals surface area contributed by atoms with Crippen molar-refractivity contribution >= 4 is 17.0 Å². The Balaban J connectivity index is 1.99.